The van der Waals surface area contributed by atoms with E-state index in [1.807, 2.05) is 30.3 Å². The van der Waals surface area contributed by atoms with Gasteiger partial charge in [0.1, 0.15) is 11.5 Å². The smallest absolute Gasteiger partial charge is 0.231 e. The van der Waals surface area contributed by atoms with Crippen molar-refractivity contribution in [1.82, 2.24) is 4.98 Å². The molecule has 0 fully saturated rings. The number of ether oxygens (including phenoxy) is 4. The highest BCUT2D eigenvalue weighted by Gasteiger charge is 2.19. The molecular formula is C23H21N3O6S. The third-order valence-electron chi connectivity index (χ3n) is 5.24. The molecule has 0 amide bonds. The van der Waals surface area contributed by atoms with Gasteiger partial charge in [0.05, 0.1) is 48.6 Å². The Morgan fingerprint density at radius 3 is 2.39 bits per heavy atom. The summed E-state index contributed by atoms with van der Waals surface area (Å²) in [6.45, 7) is 0.157. The second kappa shape index (κ2) is 7.89. The van der Waals surface area contributed by atoms with E-state index in [0.29, 0.717) is 34.4 Å². The van der Waals surface area contributed by atoms with Crippen molar-refractivity contribution in [3.05, 3.63) is 48.5 Å². The van der Waals surface area contributed by atoms with Crippen molar-refractivity contribution in [2.24, 2.45) is 0 Å². The zero-order valence-electron chi connectivity index (χ0n) is 18.1. The zero-order valence-corrected chi connectivity index (χ0v) is 18.9. The Hall–Kier alpha value is -3.92. The molecule has 0 spiro atoms. The molecule has 0 unspecified atom stereocenters. The molecule has 170 valence electrons. The van der Waals surface area contributed by atoms with Crippen molar-refractivity contribution in [3.8, 4) is 23.0 Å². The number of hydrogen-bond donors (Lipinski definition) is 2. The first-order chi connectivity index (χ1) is 15.8. The molecule has 1 aliphatic heterocycles. The van der Waals surface area contributed by atoms with Crippen LogP contribution in [0.15, 0.2) is 48.5 Å². The molecule has 2 heterocycles. The van der Waals surface area contributed by atoms with Gasteiger partial charge in [-0.3, -0.25) is 4.72 Å². The number of benzene rings is 3. The average molecular weight is 468 g/mol. The van der Waals surface area contributed by atoms with E-state index in [2.05, 4.69) is 10.0 Å². The highest BCUT2D eigenvalue weighted by molar-refractivity contribution is 7.92. The van der Waals surface area contributed by atoms with Crippen molar-refractivity contribution in [2.75, 3.05) is 37.3 Å². The molecular weight excluding hydrogens is 446 g/mol. The van der Waals surface area contributed by atoms with E-state index in [9.17, 15) is 8.42 Å². The van der Waals surface area contributed by atoms with E-state index in [0.717, 1.165) is 33.7 Å². The fourth-order valence-electron chi connectivity index (χ4n) is 3.78. The fraction of sp³-hybridized carbons (Fsp3) is 0.174. The highest BCUT2D eigenvalue weighted by atomic mass is 32.2. The van der Waals surface area contributed by atoms with Gasteiger partial charge in [0, 0.05) is 22.9 Å². The van der Waals surface area contributed by atoms with Crippen LogP contribution in [-0.2, 0) is 10.0 Å². The molecule has 5 rings (SSSR count). The number of fused-ring (bicyclic) bond motifs is 3. The molecule has 10 heteroatoms. The molecule has 0 saturated carbocycles. The van der Waals surface area contributed by atoms with Gasteiger partial charge in [-0.25, -0.2) is 13.4 Å². The molecule has 9 nitrogen and oxygen atoms in total. The van der Waals surface area contributed by atoms with Gasteiger partial charge in [0.2, 0.25) is 16.8 Å². The molecule has 2 N–H and O–H groups in total. The molecule has 3 aromatic carbocycles. The molecule has 1 aliphatic rings. The normalized spacial score (nSPS) is 12.7. The summed E-state index contributed by atoms with van der Waals surface area (Å²) in [5, 5.41) is 5.10. The van der Waals surface area contributed by atoms with Crippen molar-refractivity contribution in [2.45, 2.75) is 0 Å². The van der Waals surface area contributed by atoms with Crippen molar-refractivity contribution >= 4 is 48.9 Å². The Morgan fingerprint density at radius 2 is 1.67 bits per heavy atom. The number of methoxy groups -OCH3 is 2. The Bertz CT molecular complexity index is 1500. The number of sulfonamides is 1. The van der Waals surface area contributed by atoms with Gasteiger partial charge in [-0.15, -0.1) is 0 Å². The van der Waals surface area contributed by atoms with Crippen molar-refractivity contribution < 1.29 is 27.4 Å². The number of nitrogens with zero attached hydrogens (tertiary/aromatic N) is 1. The first-order valence-corrected chi connectivity index (χ1v) is 11.9. The maximum atomic E-state index is 11.6. The lowest BCUT2D eigenvalue weighted by molar-refractivity contribution is 0.174. The predicted molar refractivity (Wildman–Crippen MR) is 127 cm³/mol. The first kappa shape index (κ1) is 21.0. The number of hydrogen-bond acceptors (Lipinski definition) is 8. The maximum Gasteiger partial charge on any atom is 0.231 e. The fourth-order valence-corrected chi connectivity index (χ4v) is 4.34. The van der Waals surface area contributed by atoms with E-state index in [1.165, 1.54) is 7.11 Å². The predicted octanol–water partition coefficient (Wildman–Crippen LogP) is 4.25. The maximum absolute atomic E-state index is 11.6. The van der Waals surface area contributed by atoms with Crippen LogP contribution in [0.4, 0.5) is 17.1 Å². The molecule has 1 aromatic heterocycles. The summed E-state index contributed by atoms with van der Waals surface area (Å²) in [6.07, 6.45) is 1.10. The Labute approximate surface area is 190 Å². The topological polar surface area (TPSA) is 108 Å². The summed E-state index contributed by atoms with van der Waals surface area (Å²) in [6, 6.07) is 14.4. The van der Waals surface area contributed by atoms with Gasteiger partial charge in [0.25, 0.3) is 0 Å². The molecule has 4 aromatic rings. The van der Waals surface area contributed by atoms with Gasteiger partial charge in [-0.2, -0.15) is 0 Å². The minimum absolute atomic E-state index is 0.157. The van der Waals surface area contributed by atoms with Gasteiger partial charge in [-0.1, -0.05) is 0 Å². The van der Waals surface area contributed by atoms with Crippen LogP contribution in [0.5, 0.6) is 23.0 Å². The summed E-state index contributed by atoms with van der Waals surface area (Å²) in [5.41, 5.74) is 3.31. The van der Waals surface area contributed by atoms with E-state index in [1.54, 1.807) is 25.3 Å². The Morgan fingerprint density at radius 1 is 0.909 bits per heavy atom. The third-order valence-corrected chi connectivity index (χ3v) is 5.85. The molecule has 0 radical (unpaired) electrons. The van der Waals surface area contributed by atoms with Crippen LogP contribution in [0.25, 0.3) is 21.8 Å². The van der Waals surface area contributed by atoms with Crippen LogP contribution in [0.3, 0.4) is 0 Å². The van der Waals surface area contributed by atoms with Gasteiger partial charge >= 0.3 is 0 Å². The number of anilines is 3. The highest BCUT2D eigenvalue weighted by Crippen LogP contribution is 2.43. The summed E-state index contributed by atoms with van der Waals surface area (Å²) < 4.78 is 47.8. The van der Waals surface area contributed by atoms with Crippen LogP contribution in [0.2, 0.25) is 0 Å². The largest absolute Gasteiger partial charge is 0.497 e. The number of nitrogens with one attached hydrogen (secondary N) is 2. The Kier molecular flexibility index (Phi) is 5.01. The van der Waals surface area contributed by atoms with Crippen LogP contribution < -0.4 is 29.0 Å². The van der Waals surface area contributed by atoms with Gasteiger partial charge in [0.15, 0.2) is 11.5 Å². The standard InChI is InChI=1S/C23H21N3O6S/c1-29-14-5-7-17-15(9-14)23(16-10-21-22(32-12-31-21)11-19(16)24-17)25-18-6-4-13(8-20(18)30-2)26-33(3,27)28/h4-11,26H,12H2,1-3H3,(H,24,25). The van der Waals surface area contributed by atoms with Crippen LogP contribution in [0.1, 0.15) is 0 Å². The zero-order chi connectivity index (χ0) is 23.2. The summed E-state index contributed by atoms with van der Waals surface area (Å²) in [4.78, 5) is 4.79. The van der Waals surface area contributed by atoms with E-state index < -0.39 is 10.0 Å². The lowest BCUT2D eigenvalue weighted by atomic mass is 10.1. The van der Waals surface area contributed by atoms with Crippen LogP contribution >= 0.6 is 0 Å². The summed E-state index contributed by atoms with van der Waals surface area (Å²) in [5.74, 6) is 2.43. The Balaban J connectivity index is 1.70. The lowest BCUT2D eigenvalue weighted by Crippen LogP contribution is -2.09. The molecule has 0 bridgehead atoms. The van der Waals surface area contributed by atoms with Gasteiger partial charge < -0.3 is 24.3 Å². The third kappa shape index (κ3) is 4.00. The number of pyridine rings is 1. The van der Waals surface area contributed by atoms with Crippen molar-refractivity contribution in [3.63, 3.8) is 0 Å². The number of aromatic nitrogens is 1. The minimum atomic E-state index is -3.42. The molecule has 0 atom stereocenters. The van der Waals surface area contributed by atoms with E-state index in [4.69, 9.17) is 23.9 Å². The number of rotatable bonds is 6. The van der Waals surface area contributed by atoms with Crippen molar-refractivity contribution in [1.29, 1.82) is 0 Å². The SMILES string of the molecule is COc1ccc2nc3cc4c(cc3c(Nc3ccc(NS(C)(=O)=O)cc3OC)c2c1)OCO4. The van der Waals surface area contributed by atoms with Crippen LogP contribution in [0, 0.1) is 0 Å². The summed E-state index contributed by atoms with van der Waals surface area (Å²) in [7, 11) is -0.288. The average Bonchev–Trinajstić information content (AvgIpc) is 3.24. The molecule has 33 heavy (non-hydrogen) atoms. The first-order valence-electron chi connectivity index (χ1n) is 9.98. The second-order valence-electron chi connectivity index (χ2n) is 7.51. The van der Waals surface area contributed by atoms with Crippen LogP contribution in [-0.4, -0.2) is 40.7 Å². The second-order valence-corrected chi connectivity index (χ2v) is 9.26. The van der Waals surface area contributed by atoms with E-state index >= 15 is 0 Å². The lowest BCUT2D eigenvalue weighted by Gasteiger charge is -2.17. The van der Waals surface area contributed by atoms with Gasteiger partial charge in [-0.05, 0) is 36.4 Å². The quantitative estimate of drug-likeness (QED) is 0.405. The summed E-state index contributed by atoms with van der Waals surface area (Å²) >= 11 is 0. The monoisotopic (exact) mass is 467 g/mol. The molecule has 0 aliphatic carbocycles. The minimum Gasteiger partial charge on any atom is -0.497 e. The molecule has 0 saturated heterocycles. The van der Waals surface area contributed by atoms with E-state index in [-0.39, 0.29) is 6.79 Å².